The van der Waals surface area contributed by atoms with E-state index in [9.17, 15) is 19.2 Å². The number of pyridine rings is 1. The predicted octanol–water partition coefficient (Wildman–Crippen LogP) is 6.29. The van der Waals surface area contributed by atoms with Gasteiger partial charge in [-0.1, -0.05) is 35.4 Å². The van der Waals surface area contributed by atoms with Crippen molar-refractivity contribution in [3.63, 3.8) is 0 Å². The molecule has 2 atom stereocenters. The minimum atomic E-state index is -0.797. The standard InChI is InChI=1S/C31H32N2O6/c1-16(2)38-29(36)32-23-10-8-17(3)12-19(23)27(34)21-15-26-22(14-25(21)32)28(35)20-13-18(4)9-11-24(20)33(26)30(37)39-31(5,6)7/h8-16,19,23H,1-7H3. The highest BCUT2D eigenvalue weighted by Crippen LogP contribution is 2.40. The minimum Gasteiger partial charge on any atom is -0.446 e. The van der Waals surface area contributed by atoms with Gasteiger partial charge in [0, 0.05) is 16.3 Å². The summed E-state index contributed by atoms with van der Waals surface area (Å²) in [5.74, 6) is -0.842. The first-order valence-electron chi connectivity index (χ1n) is 13.0. The van der Waals surface area contributed by atoms with Gasteiger partial charge >= 0.3 is 12.2 Å². The molecule has 2 aliphatic rings. The highest BCUT2D eigenvalue weighted by Gasteiger charge is 2.43. The maximum absolute atomic E-state index is 13.9. The molecule has 0 fully saturated rings. The number of benzene rings is 2. The highest BCUT2D eigenvalue weighted by molar-refractivity contribution is 6.15. The zero-order valence-corrected chi connectivity index (χ0v) is 23.2. The van der Waals surface area contributed by atoms with Gasteiger partial charge in [0.15, 0.2) is 11.2 Å². The second kappa shape index (κ2) is 9.22. The fourth-order valence-electron chi connectivity index (χ4n) is 5.25. The second-order valence-electron chi connectivity index (χ2n) is 11.5. The van der Waals surface area contributed by atoms with Crippen molar-refractivity contribution in [2.24, 2.45) is 5.92 Å². The third-order valence-corrected chi connectivity index (χ3v) is 6.84. The van der Waals surface area contributed by atoms with Gasteiger partial charge in [0.25, 0.3) is 0 Å². The molecule has 0 spiro atoms. The van der Waals surface area contributed by atoms with Crippen LogP contribution in [0.15, 0.2) is 58.9 Å². The van der Waals surface area contributed by atoms with E-state index in [1.54, 1.807) is 46.8 Å². The van der Waals surface area contributed by atoms with Gasteiger partial charge in [-0.15, -0.1) is 0 Å². The van der Waals surface area contributed by atoms with E-state index >= 15 is 0 Å². The van der Waals surface area contributed by atoms with E-state index in [1.807, 2.05) is 38.1 Å². The Morgan fingerprint density at radius 2 is 1.64 bits per heavy atom. The van der Waals surface area contributed by atoms with E-state index in [0.717, 1.165) is 11.1 Å². The zero-order valence-electron chi connectivity index (χ0n) is 23.2. The molecule has 2 aromatic carbocycles. The fraction of sp³-hybridized carbons (Fsp3) is 0.355. The zero-order chi connectivity index (χ0) is 28.4. The number of rotatable bonds is 1. The first-order chi connectivity index (χ1) is 18.3. The summed E-state index contributed by atoms with van der Waals surface area (Å²) >= 11 is 0. The Bertz CT molecular complexity index is 1690. The van der Waals surface area contributed by atoms with Crippen LogP contribution >= 0.6 is 0 Å². The molecule has 0 radical (unpaired) electrons. The van der Waals surface area contributed by atoms with Crippen molar-refractivity contribution < 1.29 is 23.9 Å². The largest absolute Gasteiger partial charge is 0.446 e. The first-order valence-corrected chi connectivity index (χ1v) is 13.0. The highest BCUT2D eigenvalue weighted by atomic mass is 16.6. The van der Waals surface area contributed by atoms with E-state index in [2.05, 4.69) is 0 Å². The monoisotopic (exact) mass is 528 g/mol. The van der Waals surface area contributed by atoms with E-state index in [0.29, 0.717) is 10.9 Å². The van der Waals surface area contributed by atoms with Gasteiger partial charge in [0.2, 0.25) is 0 Å². The number of aryl methyl sites for hydroxylation is 1. The van der Waals surface area contributed by atoms with Crippen molar-refractivity contribution in [3.05, 3.63) is 75.5 Å². The number of Topliss-reactive ketones (excluding diaryl/α,β-unsaturated/α-hetero) is 1. The minimum absolute atomic E-state index is 0.192. The van der Waals surface area contributed by atoms with Crippen molar-refractivity contribution in [1.29, 1.82) is 0 Å². The number of hydrogen-bond acceptors (Lipinski definition) is 6. The molecular weight excluding hydrogens is 496 g/mol. The summed E-state index contributed by atoms with van der Waals surface area (Å²) in [7, 11) is 0. The Morgan fingerprint density at radius 1 is 0.949 bits per heavy atom. The number of nitrogens with zero attached hydrogens (tertiary/aromatic N) is 2. The Labute approximate surface area is 226 Å². The Balaban J connectivity index is 1.87. The number of hydrogen-bond donors (Lipinski definition) is 0. The van der Waals surface area contributed by atoms with Gasteiger partial charge in [-0.05, 0) is 72.7 Å². The smallest absolute Gasteiger partial charge is 0.419 e. The number of carbonyl (C=O) groups excluding carboxylic acids is 3. The van der Waals surface area contributed by atoms with Gasteiger partial charge in [0.1, 0.15) is 5.60 Å². The molecule has 0 saturated heterocycles. The summed E-state index contributed by atoms with van der Waals surface area (Å²) in [6.07, 6.45) is 3.83. The molecule has 1 aliphatic heterocycles. The average Bonchev–Trinajstić information content (AvgIpc) is 2.83. The summed E-state index contributed by atoms with van der Waals surface area (Å²) in [5, 5.41) is 0.526. The van der Waals surface area contributed by atoms with Crippen LogP contribution in [0.3, 0.4) is 0 Å². The van der Waals surface area contributed by atoms with Crippen molar-refractivity contribution in [3.8, 4) is 0 Å². The van der Waals surface area contributed by atoms with Crippen LogP contribution in [0.1, 0.15) is 57.5 Å². The summed E-state index contributed by atoms with van der Waals surface area (Å²) in [5.41, 5.74) is 1.76. The molecule has 8 nitrogen and oxygen atoms in total. The Hall–Kier alpha value is -4.20. The number of ether oxygens (including phenoxy) is 2. The Morgan fingerprint density at radius 3 is 2.31 bits per heavy atom. The lowest BCUT2D eigenvalue weighted by Crippen LogP contribution is -2.51. The number of carbonyl (C=O) groups is 3. The van der Waals surface area contributed by atoms with Crippen LogP contribution in [-0.2, 0) is 9.47 Å². The fourth-order valence-corrected chi connectivity index (χ4v) is 5.25. The van der Waals surface area contributed by atoms with Gasteiger partial charge < -0.3 is 9.47 Å². The number of fused-ring (bicyclic) bond motifs is 4. The number of anilines is 1. The lowest BCUT2D eigenvalue weighted by molar-refractivity contribution is 0.0550. The van der Waals surface area contributed by atoms with E-state index in [1.165, 1.54) is 21.6 Å². The lowest BCUT2D eigenvalue weighted by Gasteiger charge is -2.40. The molecule has 1 aliphatic carbocycles. The average molecular weight is 529 g/mol. The molecule has 0 saturated carbocycles. The molecule has 202 valence electrons. The topological polar surface area (TPSA) is 94.9 Å². The molecule has 0 bridgehead atoms. The first kappa shape index (κ1) is 26.4. The summed E-state index contributed by atoms with van der Waals surface area (Å²) in [6.45, 7) is 12.5. The third-order valence-electron chi connectivity index (χ3n) is 6.84. The molecular formula is C31H32N2O6. The van der Waals surface area contributed by atoms with E-state index in [-0.39, 0.29) is 33.4 Å². The van der Waals surface area contributed by atoms with Crippen LogP contribution in [-0.4, -0.2) is 40.3 Å². The van der Waals surface area contributed by atoms with Crippen LogP contribution in [0.5, 0.6) is 0 Å². The molecule has 1 amide bonds. The van der Waals surface area contributed by atoms with Crippen LogP contribution in [0.2, 0.25) is 0 Å². The molecule has 1 aromatic heterocycles. The summed E-state index contributed by atoms with van der Waals surface area (Å²) in [6, 6.07) is 7.70. The molecule has 8 heteroatoms. The van der Waals surface area contributed by atoms with Gasteiger partial charge in [-0.25, -0.2) is 14.2 Å². The molecule has 5 rings (SSSR count). The van der Waals surface area contributed by atoms with Crippen molar-refractivity contribution in [2.45, 2.75) is 66.2 Å². The number of aromatic nitrogens is 1. The van der Waals surface area contributed by atoms with Crippen molar-refractivity contribution >= 4 is 45.5 Å². The van der Waals surface area contributed by atoms with Crippen LogP contribution < -0.4 is 10.3 Å². The summed E-state index contributed by atoms with van der Waals surface area (Å²) < 4.78 is 12.6. The molecule has 2 unspecified atom stereocenters. The second-order valence-corrected chi connectivity index (χ2v) is 11.5. The molecule has 0 N–H and O–H groups in total. The van der Waals surface area contributed by atoms with Gasteiger partial charge in [-0.3, -0.25) is 14.5 Å². The van der Waals surface area contributed by atoms with Gasteiger partial charge in [-0.2, -0.15) is 0 Å². The van der Waals surface area contributed by atoms with Crippen LogP contribution in [0, 0.1) is 12.8 Å². The maximum Gasteiger partial charge on any atom is 0.419 e. The predicted molar refractivity (Wildman–Crippen MR) is 151 cm³/mol. The molecule has 2 heterocycles. The van der Waals surface area contributed by atoms with E-state index in [4.69, 9.17) is 9.47 Å². The SMILES string of the molecule is CC1=CC2C(=O)c3cc4c(cc3N(C(=O)OC(C)C)C2C=C1)c(=O)c1cc(C)ccc1n4C(=O)OC(C)(C)C. The normalized spacial score (nSPS) is 18.7. The van der Waals surface area contributed by atoms with Gasteiger partial charge in [0.05, 0.1) is 34.8 Å². The lowest BCUT2D eigenvalue weighted by atomic mass is 9.80. The van der Waals surface area contributed by atoms with Crippen LogP contribution in [0.25, 0.3) is 21.8 Å². The third kappa shape index (κ3) is 4.54. The number of ketones is 1. The summed E-state index contributed by atoms with van der Waals surface area (Å²) in [4.78, 5) is 56.1. The number of amides is 1. The molecule has 3 aromatic rings. The molecule has 39 heavy (non-hydrogen) atoms. The number of allylic oxidation sites excluding steroid dienone is 2. The van der Waals surface area contributed by atoms with Crippen molar-refractivity contribution in [1.82, 2.24) is 4.57 Å². The Kier molecular flexibility index (Phi) is 6.24. The van der Waals surface area contributed by atoms with E-state index < -0.39 is 35.9 Å². The van der Waals surface area contributed by atoms with Crippen LogP contribution in [0.4, 0.5) is 15.3 Å². The van der Waals surface area contributed by atoms with Crippen molar-refractivity contribution in [2.75, 3.05) is 4.90 Å². The quantitative estimate of drug-likeness (QED) is 0.344. The maximum atomic E-state index is 13.9.